The normalized spacial score (nSPS) is 19.3. The van der Waals surface area contributed by atoms with Crippen LogP contribution in [0.5, 0.6) is 0 Å². The molecule has 0 radical (unpaired) electrons. The molecular formula is C13H17BrO. The van der Waals surface area contributed by atoms with Gasteiger partial charge in [0.25, 0.3) is 0 Å². The van der Waals surface area contributed by atoms with Crippen LogP contribution in [0, 0.1) is 5.92 Å². The highest BCUT2D eigenvalue weighted by atomic mass is 79.9. The molecule has 1 saturated carbocycles. The van der Waals surface area contributed by atoms with E-state index in [4.69, 9.17) is 0 Å². The highest BCUT2D eigenvalue weighted by Gasteiger charge is 2.23. The zero-order valence-electron chi connectivity index (χ0n) is 8.82. The van der Waals surface area contributed by atoms with E-state index in [1.807, 2.05) is 12.1 Å². The summed E-state index contributed by atoms with van der Waals surface area (Å²) in [6.07, 6.45) is 5.64. The Morgan fingerprint density at radius 2 is 2.07 bits per heavy atom. The molecule has 1 unspecified atom stereocenters. The lowest BCUT2D eigenvalue weighted by atomic mass is 9.95. The maximum Gasteiger partial charge on any atom is 0.0608 e. The summed E-state index contributed by atoms with van der Waals surface area (Å²) in [6.45, 7) is 0. The van der Waals surface area contributed by atoms with Crippen molar-refractivity contribution in [1.29, 1.82) is 0 Å². The van der Waals surface area contributed by atoms with Crippen molar-refractivity contribution in [2.75, 3.05) is 0 Å². The molecule has 1 N–H and O–H groups in total. The van der Waals surface area contributed by atoms with Gasteiger partial charge in [-0.25, -0.2) is 0 Å². The average Bonchev–Trinajstić information content (AvgIpc) is 2.70. The molecule has 0 aromatic heterocycles. The summed E-state index contributed by atoms with van der Waals surface area (Å²) in [4.78, 5) is 0. The molecule has 1 atom stereocenters. The third-order valence-electron chi connectivity index (χ3n) is 3.28. The van der Waals surface area contributed by atoms with E-state index in [1.54, 1.807) is 0 Å². The maximum absolute atomic E-state index is 10.1. The Labute approximate surface area is 99.6 Å². The highest BCUT2D eigenvalue weighted by Crippen LogP contribution is 2.29. The van der Waals surface area contributed by atoms with Crippen LogP contribution < -0.4 is 0 Å². The average molecular weight is 269 g/mol. The Balaban J connectivity index is 1.95. The van der Waals surface area contributed by atoms with Crippen molar-refractivity contribution in [2.24, 2.45) is 5.92 Å². The van der Waals surface area contributed by atoms with E-state index < -0.39 is 0 Å². The van der Waals surface area contributed by atoms with E-state index in [1.165, 1.54) is 31.2 Å². The number of benzene rings is 1. The maximum atomic E-state index is 10.1. The SMILES string of the molecule is OC(Cc1cccc(Br)c1)C1CCCC1. The Bertz CT molecular complexity index is 318. The minimum absolute atomic E-state index is 0.151. The number of rotatable bonds is 3. The molecule has 1 aromatic carbocycles. The lowest BCUT2D eigenvalue weighted by Gasteiger charge is -2.17. The fourth-order valence-electron chi connectivity index (χ4n) is 2.41. The van der Waals surface area contributed by atoms with Crippen LogP contribution in [0.4, 0.5) is 0 Å². The fraction of sp³-hybridized carbons (Fsp3) is 0.538. The molecule has 2 rings (SSSR count). The standard InChI is InChI=1S/C13H17BrO/c14-12-7-3-4-10(8-12)9-13(15)11-5-1-2-6-11/h3-4,7-8,11,13,15H,1-2,5-6,9H2. The van der Waals surface area contributed by atoms with Gasteiger partial charge >= 0.3 is 0 Å². The topological polar surface area (TPSA) is 20.2 Å². The molecule has 82 valence electrons. The molecule has 1 aliphatic rings. The van der Waals surface area contributed by atoms with Gasteiger partial charge in [-0.3, -0.25) is 0 Å². The summed E-state index contributed by atoms with van der Waals surface area (Å²) in [5.41, 5.74) is 1.23. The summed E-state index contributed by atoms with van der Waals surface area (Å²) >= 11 is 3.45. The first kappa shape index (κ1) is 11.2. The monoisotopic (exact) mass is 268 g/mol. The molecule has 1 nitrogen and oxygen atoms in total. The van der Waals surface area contributed by atoms with E-state index in [2.05, 4.69) is 28.1 Å². The van der Waals surface area contributed by atoms with Crippen molar-refractivity contribution < 1.29 is 5.11 Å². The van der Waals surface area contributed by atoms with Gasteiger partial charge in [-0.15, -0.1) is 0 Å². The molecular weight excluding hydrogens is 252 g/mol. The Kier molecular flexibility index (Phi) is 3.81. The van der Waals surface area contributed by atoms with Crippen molar-refractivity contribution in [3.8, 4) is 0 Å². The predicted octanol–water partition coefficient (Wildman–Crippen LogP) is 3.54. The van der Waals surface area contributed by atoms with E-state index in [0.717, 1.165) is 10.9 Å². The van der Waals surface area contributed by atoms with Crippen molar-refractivity contribution in [1.82, 2.24) is 0 Å². The molecule has 0 aliphatic heterocycles. The molecule has 1 aromatic rings. The van der Waals surface area contributed by atoms with Gasteiger partial charge in [0.15, 0.2) is 0 Å². The zero-order valence-corrected chi connectivity index (χ0v) is 10.4. The van der Waals surface area contributed by atoms with Gasteiger partial charge in [-0.05, 0) is 42.9 Å². The van der Waals surface area contributed by atoms with Crippen molar-refractivity contribution >= 4 is 15.9 Å². The smallest absolute Gasteiger partial charge is 0.0608 e. The van der Waals surface area contributed by atoms with Gasteiger partial charge in [0.1, 0.15) is 0 Å². The van der Waals surface area contributed by atoms with E-state index in [9.17, 15) is 5.11 Å². The van der Waals surface area contributed by atoms with E-state index in [-0.39, 0.29) is 6.10 Å². The molecule has 15 heavy (non-hydrogen) atoms. The van der Waals surface area contributed by atoms with Crippen LogP contribution in [-0.4, -0.2) is 11.2 Å². The second kappa shape index (κ2) is 5.13. The Morgan fingerprint density at radius 1 is 1.33 bits per heavy atom. The van der Waals surface area contributed by atoms with Gasteiger partial charge in [0, 0.05) is 4.47 Å². The number of aliphatic hydroxyl groups is 1. The second-order valence-electron chi connectivity index (χ2n) is 4.45. The van der Waals surface area contributed by atoms with Crippen LogP contribution in [0.25, 0.3) is 0 Å². The van der Waals surface area contributed by atoms with Crippen LogP contribution >= 0.6 is 15.9 Å². The minimum atomic E-state index is -0.151. The predicted molar refractivity (Wildman–Crippen MR) is 65.8 cm³/mol. The van der Waals surface area contributed by atoms with Crippen LogP contribution in [-0.2, 0) is 6.42 Å². The Hall–Kier alpha value is -0.340. The van der Waals surface area contributed by atoms with Gasteiger partial charge in [0.2, 0.25) is 0 Å². The van der Waals surface area contributed by atoms with Crippen LogP contribution in [0.1, 0.15) is 31.2 Å². The molecule has 0 saturated heterocycles. The summed E-state index contributed by atoms with van der Waals surface area (Å²) in [5, 5.41) is 10.1. The lowest BCUT2D eigenvalue weighted by Crippen LogP contribution is -2.20. The minimum Gasteiger partial charge on any atom is -0.392 e. The first-order valence-electron chi connectivity index (χ1n) is 5.68. The number of hydrogen-bond donors (Lipinski definition) is 1. The van der Waals surface area contributed by atoms with Gasteiger partial charge < -0.3 is 5.11 Å². The van der Waals surface area contributed by atoms with Crippen LogP contribution in [0.3, 0.4) is 0 Å². The van der Waals surface area contributed by atoms with E-state index in [0.29, 0.717) is 5.92 Å². The van der Waals surface area contributed by atoms with Gasteiger partial charge in [0.05, 0.1) is 6.10 Å². The summed E-state index contributed by atoms with van der Waals surface area (Å²) in [7, 11) is 0. The van der Waals surface area contributed by atoms with Crippen LogP contribution in [0.15, 0.2) is 28.7 Å². The first-order valence-corrected chi connectivity index (χ1v) is 6.47. The summed E-state index contributed by atoms with van der Waals surface area (Å²) < 4.78 is 1.10. The molecule has 1 aliphatic carbocycles. The van der Waals surface area contributed by atoms with Crippen molar-refractivity contribution in [2.45, 2.75) is 38.2 Å². The quantitative estimate of drug-likeness (QED) is 0.889. The second-order valence-corrected chi connectivity index (χ2v) is 5.36. The zero-order chi connectivity index (χ0) is 10.7. The molecule has 1 fully saturated rings. The molecule has 2 heteroatoms. The van der Waals surface area contributed by atoms with Crippen molar-refractivity contribution in [3.63, 3.8) is 0 Å². The van der Waals surface area contributed by atoms with Crippen LogP contribution in [0.2, 0.25) is 0 Å². The molecule has 0 amide bonds. The number of aliphatic hydroxyl groups excluding tert-OH is 1. The Morgan fingerprint density at radius 3 is 2.73 bits per heavy atom. The molecule has 0 heterocycles. The summed E-state index contributed by atoms with van der Waals surface area (Å²) in [6, 6.07) is 8.23. The van der Waals surface area contributed by atoms with E-state index >= 15 is 0 Å². The number of halogens is 1. The third kappa shape index (κ3) is 3.05. The molecule has 0 spiro atoms. The first-order chi connectivity index (χ1) is 7.25. The fourth-order valence-corrected chi connectivity index (χ4v) is 2.86. The number of hydrogen-bond acceptors (Lipinski definition) is 1. The summed E-state index contributed by atoms with van der Waals surface area (Å²) in [5.74, 6) is 0.531. The van der Waals surface area contributed by atoms with Gasteiger partial charge in [-0.2, -0.15) is 0 Å². The highest BCUT2D eigenvalue weighted by molar-refractivity contribution is 9.10. The molecule has 0 bridgehead atoms. The third-order valence-corrected chi connectivity index (χ3v) is 3.77. The van der Waals surface area contributed by atoms with Crippen molar-refractivity contribution in [3.05, 3.63) is 34.3 Å². The largest absolute Gasteiger partial charge is 0.392 e. The van der Waals surface area contributed by atoms with Gasteiger partial charge in [-0.1, -0.05) is 40.9 Å². The lowest BCUT2D eigenvalue weighted by molar-refractivity contribution is 0.111.